The molecule has 0 saturated heterocycles. The summed E-state index contributed by atoms with van der Waals surface area (Å²) in [4.78, 5) is 0. The summed E-state index contributed by atoms with van der Waals surface area (Å²) < 4.78 is 0. The molecule has 0 heterocycles. The molecule has 0 bridgehead atoms. The molecule has 0 aromatic heterocycles. The SMILES string of the molecule is N=C(N(O)c1ccccc1)N(O)c1ccccc1. The van der Waals surface area contributed by atoms with Crippen molar-refractivity contribution in [2.75, 3.05) is 10.1 Å². The Morgan fingerprint density at radius 1 is 0.722 bits per heavy atom. The van der Waals surface area contributed by atoms with Crippen molar-refractivity contribution >= 4 is 17.3 Å². The van der Waals surface area contributed by atoms with Crippen LogP contribution in [-0.4, -0.2) is 16.4 Å². The number of nitrogens with zero attached hydrogens (tertiary/aromatic N) is 2. The Labute approximate surface area is 105 Å². The fourth-order valence-electron chi connectivity index (χ4n) is 1.47. The summed E-state index contributed by atoms with van der Waals surface area (Å²) in [6, 6.07) is 17.1. The van der Waals surface area contributed by atoms with Gasteiger partial charge in [-0.05, 0) is 24.3 Å². The van der Waals surface area contributed by atoms with E-state index in [4.69, 9.17) is 5.41 Å². The first-order chi connectivity index (χ1) is 8.70. The lowest BCUT2D eigenvalue weighted by Gasteiger charge is -2.24. The van der Waals surface area contributed by atoms with Gasteiger partial charge in [0.1, 0.15) is 0 Å². The van der Waals surface area contributed by atoms with Crippen LogP contribution in [0.4, 0.5) is 11.4 Å². The number of para-hydroxylation sites is 2. The molecule has 0 aliphatic heterocycles. The highest BCUT2D eigenvalue weighted by molar-refractivity contribution is 6.01. The Morgan fingerprint density at radius 3 is 1.39 bits per heavy atom. The topological polar surface area (TPSA) is 70.8 Å². The summed E-state index contributed by atoms with van der Waals surface area (Å²) >= 11 is 0. The van der Waals surface area contributed by atoms with Crippen molar-refractivity contribution in [2.24, 2.45) is 0 Å². The minimum atomic E-state index is -0.451. The van der Waals surface area contributed by atoms with Gasteiger partial charge in [0, 0.05) is 0 Å². The second-order valence-electron chi connectivity index (χ2n) is 3.62. The molecule has 5 heteroatoms. The van der Waals surface area contributed by atoms with Gasteiger partial charge in [0.05, 0.1) is 11.4 Å². The molecule has 0 aliphatic rings. The monoisotopic (exact) mass is 243 g/mol. The van der Waals surface area contributed by atoms with Gasteiger partial charge < -0.3 is 0 Å². The molecule has 0 amide bonds. The van der Waals surface area contributed by atoms with Crippen molar-refractivity contribution in [2.45, 2.75) is 0 Å². The van der Waals surface area contributed by atoms with Crippen molar-refractivity contribution in [1.29, 1.82) is 5.41 Å². The van der Waals surface area contributed by atoms with Gasteiger partial charge in [0.2, 0.25) is 0 Å². The van der Waals surface area contributed by atoms with Crippen LogP contribution in [-0.2, 0) is 0 Å². The third-order valence-electron chi connectivity index (χ3n) is 2.40. The van der Waals surface area contributed by atoms with Gasteiger partial charge in [-0.25, -0.2) is 0 Å². The number of hydrogen-bond donors (Lipinski definition) is 3. The number of rotatable bonds is 2. The van der Waals surface area contributed by atoms with Crippen molar-refractivity contribution in [3.63, 3.8) is 0 Å². The molecule has 18 heavy (non-hydrogen) atoms. The van der Waals surface area contributed by atoms with Crippen LogP contribution in [0.1, 0.15) is 0 Å². The summed E-state index contributed by atoms with van der Waals surface area (Å²) in [5, 5.41) is 28.6. The van der Waals surface area contributed by atoms with Crippen LogP contribution < -0.4 is 10.1 Å². The first kappa shape index (κ1) is 12.1. The number of guanidine groups is 1. The average molecular weight is 243 g/mol. The summed E-state index contributed by atoms with van der Waals surface area (Å²) in [6.45, 7) is 0. The highest BCUT2D eigenvalue weighted by Gasteiger charge is 2.16. The van der Waals surface area contributed by atoms with Crippen LogP contribution in [0, 0.1) is 5.41 Å². The lowest BCUT2D eigenvalue weighted by atomic mass is 10.3. The highest BCUT2D eigenvalue weighted by atomic mass is 16.5. The van der Waals surface area contributed by atoms with E-state index >= 15 is 0 Å². The third-order valence-corrected chi connectivity index (χ3v) is 2.40. The standard InChI is InChI=1S/C13H13N3O2/c14-13(15(17)11-7-3-1-4-8-11)16(18)12-9-5-2-6-10-12/h1-10,14,17-18H. The third kappa shape index (κ3) is 2.48. The quantitative estimate of drug-likeness (QED) is 0.431. The first-order valence-corrected chi connectivity index (χ1v) is 5.37. The fourth-order valence-corrected chi connectivity index (χ4v) is 1.47. The molecule has 0 radical (unpaired) electrons. The lowest BCUT2D eigenvalue weighted by molar-refractivity contribution is 0.268. The van der Waals surface area contributed by atoms with Gasteiger partial charge in [-0.2, -0.15) is 10.1 Å². The molecule has 0 fully saturated rings. The predicted molar refractivity (Wildman–Crippen MR) is 69.1 cm³/mol. The molecule has 0 atom stereocenters. The molecule has 0 aliphatic carbocycles. The van der Waals surface area contributed by atoms with Crippen LogP contribution in [0.2, 0.25) is 0 Å². The molecule has 92 valence electrons. The molecular formula is C13H13N3O2. The molecule has 0 spiro atoms. The molecule has 2 aromatic carbocycles. The maximum absolute atomic E-state index is 9.83. The zero-order chi connectivity index (χ0) is 13.0. The largest absolute Gasteiger partial charge is 0.281 e. The predicted octanol–water partition coefficient (Wildman–Crippen LogP) is 2.71. The Morgan fingerprint density at radius 2 is 1.06 bits per heavy atom. The van der Waals surface area contributed by atoms with Crippen LogP contribution in [0.15, 0.2) is 60.7 Å². The van der Waals surface area contributed by atoms with E-state index in [0.717, 1.165) is 0 Å². The molecule has 2 rings (SSSR count). The van der Waals surface area contributed by atoms with Crippen LogP contribution in [0.5, 0.6) is 0 Å². The average Bonchev–Trinajstić information content (AvgIpc) is 2.47. The molecule has 5 nitrogen and oxygen atoms in total. The van der Waals surface area contributed by atoms with Crippen LogP contribution in [0.3, 0.4) is 0 Å². The van der Waals surface area contributed by atoms with E-state index in [1.165, 1.54) is 0 Å². The fraction of sp³-hybridized carbons (Fsp3) is 0. The second kappa shape index (κ2) is 5.31. The van der Waals surface area contributed by atoms with E-state index in [9.17, 15) is 10.4 Å². The van der Waals surface area contributed by atoms with Gasteiger partial charge in [-0.1, -0.05) is 36.4 Å². The van der Waals surface area contributed by atoms with Crippen LogP contribution >= 0.6 is 0 Å². The summed E-state index contributed by atoms with van der Waals surface area (Å²) in [5.74, 6) is -0.451. The second-order valence-corrected chi connectivity index (χ2v) is 3.62. The summed E-state index contributed by atoms with van der Waals surface area (Å²) in [6.07, 6.45) is 0. The van der Waals surface area contributed by atoms with Crippen molar-refractivity contribution in [3.8, 4) is 0 Å². The number of nitrogens with one attached hydrogen (secondary N) is 1. The smallest absolute Gasteiger partial charge is 0.252 e. The Balaban J connectivity index is 2.17. The Kier molecular flexibility index (Phi) is 3.57. The van der Waals surface area contributed by atoms with Crippen molar-refractivity contribution in [3.05, 3.63) is 60.7 Å². The van der Waals surface area contributed by atoms with Gasteiger partial charge in [-0.3, -0.25) is 15.8 Å². The number of benzene rings is 2. The number of anilines is 2. The van der Waals surface area contributed by atoms with E-state index in [1.807, 2.05) is 0 Å². The minimum Gasteiger partial charge on any atom is -0.281 e. The van der Waals surface area contributed by atoms with Crippen molar-refractivity contribution < 1.29 is 10.4 Å². The molecule has 0 saturated carbocycles. The van der Waals surface area contributed by atoms with Gasteiger partial charge in [-0.15, -0.1) is 0 Å². The Hall–Kier alpha value is -2.37. The zero-order valence-electron chi connectivity index (χ0n) is 9.56. The zero-order valence-corrected chi connectivity index (χ0v) is 9.56. The highest BCUT2D eigenvalue weighted by Crippen LogP contribution is 2.16. The van der Waals surface area contributed by atoms with Gasteiger partial charge in [0.15, 0.2) is 0 Å². The van der Waals surface area contributed by atoms with E-state index in [-0.39, 0.29) is 0 Å². The van der Waals surface area contributed by atoms with Gasteiger partial charge >= 0.3 is 0 Å². The molecule has 3 N–H and O–H groups in total. The van der Waals surface area contributed by atoms with Crippen LogP contribution in [0.25, 0.3) is 0 Å². The maximum atomic E-state index is 9.83. The first-order valence-electron chi connectivity index (χ1n) is 5.37. The molecule has 2 aromatic rings. The molecule has 0 unspecified atom stereocenters. The maximum Gasteiger partial charge on any atom is 0.252 e. The minimum absolute atomic E-state index is 0.400. The lowest BCUT2D eigenvalue weighted by Crippen LogP contribution is -2.40. The van der Waals surface area contributed by atoms with Crippen molar-refractivity contribution in [1.82, 2.24) is 0 Å². The molecular weight excluding hydrogens is 230 g/mol. The number of hydroxylamine groups is 2. The van der Waals surface area contributed by atoms with E-state index < -0.39 is 5.96 Å². The van der Waals surface area contributed by atoms with Gasteiger partial charge in [0.25, 0.3) is 5.96 Å². The summed E-state index contributed by atoms with van der Waals surface area (Å²) in [5.41, 5.74) is 0.801. The Bertz CT molecular complexity index is 469. The normalized spacial score (nSPS) is 9.89. The van der Waals surface area contributed by atoms with E-state index in [0.29, 0.717) is 21.5 Å². The van der Waals surface area contributed by atoms with E-state index in [1.54, 1.807) is 60.7 Å². The van der Waals surface area contributed by atoms with E-state index in [2.05, 4.69) is 0 Å². The number of hydrogen-bond acceptors (Lipinski definition) is 3. The summed E-state index contributed by atoms with van der Waals surface area (Å²) in [7, 11) is 0.